The van der Waals surface area contributed by atoms with E-state index in [4.69, 9.17) is 16.0 Å². The van der Waals surface area contributed by atoms with E-state index in [1.807, 2.05) is 24.5 Å². The van der Waals surface area contributed by atoms with Gasteiger partial charge >= 0.3 is 0 Å². The third kappa shape index (κ3) is 2.59. The molecule has 16 heavy (non-hydrogen) atoms. The zero-order valence-electron chi connectivity index (χ0n) is 9.34. The van der Waals surface area contributed by atoms with Crippen LogP contribution in [-0.2, 0) is 6.42 Å². The second kappa shape index (κ2) is 5.40. The highest BCUT2D eigenvalue weighted by Gasteiger charge is 2.06. The molecular formula is C14H16ClO. The molecule has 0 aliphatic heterocycles. The topological polar surface area (TPSA) is 13.1 Å². The molecule has 1 heterocycles. The average Bonchev–Trinajstić information content (AvgIpc) is 2.67. The van der Waals surface area contributed by atoms with Crippen molar-refractivity contribution in [2.45, 2.75) is 32.1 Å². The summed E-state index contributed by atoms with van der Waals surface area (Å²) in [5, 5.41) is 3.06. The van der Waals surface area contributed by atoms with Gasteiger partial charge in [-0.25, -0.2) is 0 Å². The summed E-state index contributed by atoms with van der Waals surface area (Å²) in [7, 11) is 0. The van der Waals surface area contributed by atoms with E-state index >= 15 is 0 Å². The second-order valence-electron chi connectivity index (χ2n) is 4.05. The third-order valence-electron chi connectivity index (χ3n) is 2.80. The molecule has 0 spiro atoms. The Balaban J connectivity index is 2.09. The maximum atomic E-state index is 5.98. The van der Waals surface area contributed by atoms with Gasteiger partial charge in [0.1, 0.15) is 5.76 Å². The number of unbranched alkanes of at least 4 members (excludes halogenated alkanes) is 3. The molecule has 0 aliphatic rings. The minimum Gasteiger partial charge on any atom is -0.468 e. The summed E-state index contributed by atoms with van der Waals surface area (Å²) in [6, 6.07) is 5.88. The van der Waals surface area contributed by atoms with Crippen LogP contribution in [0, 0.1) is 6.92 Å². The molecule has 0 unspecified atom stereocenters. The van der Waals surface area contributed by atoms with E-state index in [0.717, 1.165) is 40.8 Å². The highest BCUT2D eigenvalue weighted by atomic mass is 35.5. The SMILES string of the molecule is [CH2]CCCCCc1occ2ccc(Cl)cc12. The lowest BCUT2D eigenvalue weighted by Crippen LogP contribution is -1.83. The van der Waals surface area contributed by atoms with Gasteiger partial charge in [-0.15, -0.1) is 0 Å². The minimum absolute atomic E-state index is 0.771. The summed E-state index contributed by atoms with van der Waals surface area (Å²) >= 11 is 5.98. The van der Waals surface area contributed by atoms with E-state index < -0.39 is 0 Å². The van der Waals surface area contributed by atoms with Crippen LogP contribution in [0.15, 0.2) is 28.9 Å². The van der Waals surface area contributed by atoms with Crippen LogP contribution < -0.4 is 0 Å². The minimum atomic E-state index is 0.771. The molecule has 1 aromatic carbocycles. The largest absolute Gasteiger partial charge is 0.468 e. The zero-order chi connectivity index (χ0) is 11.4. The van der Waals surface area contributed by atoms with Gasteiger partial charge in [0.2, 0.25) is 0 Å². The summed E-state index contributed by atoms with van der Waals surface area (Å²) in [6.45, 7) is 3.84. The Morgan fingerprint density at radius 2 is 2.06 bits per heavy atom. The summed E-state index contributed by atoms with van der Waals surface area (Å²) in [4.78, 5) is 0. The third-order valence-corrected chi connectivity index (χ3v) is 3.03. The fourth-order valence-corrected chi connectivity index (χ4v) is 2.08. The summed E-state index contributed by atoms with van der Waals surface area (Å²) < 4.78 is 5.58. The molecule has 0 amide bonds. The molecule has 0 fully saturated rings. The first kappa shape index (κ1) is 11.5. The van der Waals surface area contributed by atoms with Crippen LogP contribution in [0.1, 0.15) is 31.4 Å². The van der Waals surface area contributed by atoms with Crippen molar-refractivity contribution in [1.29, 1.82) is 0 Å². The smallest absolute Gasteiger partial charge is 0.111 e. The van der Waals surface area contributed by atoms with Crippen molar-refractivity contribution in [2.24, 2.45) is 0 Å². The van der Waals surface area contributed by atoms with Gasteiger partial charge in [0, 0.05) is 22.2 Å². The molecule has 85 valence electrons. The lowest BCUT2D eigenvalue weighted by atomic mass is 10.1. The Morgan fingerprint density at radius 3 is 2.88 bits per heavy atom. The van der Waals surface area contributed by atoms with Crippen LogP contribution in [0.2, 0.25) is 5.02 Å². The number of benzene rings is 1. The van der Waals surface area contributed by atoms with Crippen LogP contribution >= 0.6 is 11.6 Å². The van der Waals surface area contributed by atoms with Crippen molar-refractivity contribution >= 4 is 22.4 Å². The number of hydrogen-bond acceptors (Lipinski definition) is 1. The van der Waals surface area contributed by atoms with Crippen LogP contribution in [0.25, 0.3) is 10.8 Å². The summed E-state index contributed by atoms with van der Waals surface area (Å²) in [5.74, 6) is 1.06. The lowest BCUT2D eigenvalue weighted by molar-refractivity contribution is 0.501. The quantitative estimate of drug-likeness (QED) is 0.663. The number of fused-ring (bicyclic) bond motifs is 1. The standard InChI is InChI=1S/C14H16ClO/c1-2-3-4-5-6-14-13-9-12(15)8-7-11(13)10-16-14/h7-10H,1-6H2. The van der Waals surface area contributed by atoms with Gasteiger partial charge in [0.15, 0.2) is 0 Å². The van der Waals surface area contributed by atoms with E-state index in [0.29, 0.717) is 0 Å². The van der Waals surface area contributed by atoms with Gasteiger partial charge < -0.3 is 4.42 Å². The number of halogens is 1. The van der Waals surface area contributed by atoms with Crippen molar-refractivity contribution < 1.29 is 4.42 Å². The van der Waals surface area contributed by atoms with Crippen LogP contribution in [0.4, 0.5) is 0 Å². The predicted molar refractivity (Wildman–Crippen MR) is 68.8 cm³/mol. The Bertz CT molecular complexity index is 459. The lowest BCUT2D eigenvalue weighted by Gasteiger charge is -1.98. The molecule has 0 saturated heterocycles. The molecule has 0 bridgehead atoms. The predicted octanol–water partition coefficient (Wildman–Crippen LogP) is 5.02. The van der Waals surface area contributed by atoms with Gasteiger partial charge in [-0.3, -0.25) is 0 Å². The highest BCUT2D eigenvalue weighted by molar-refractivity contribution is 6.31. The van der Waals surface area contributed by atoms with E-state index in [9.17, 15) is 0 Å². The molecule has 1 nitrogen and oxygen atoms in total. The second-order valence-corrected chi connectivity index (χ2v) is 4.49. The monoisotopic (exact) mass is 235 g/mol. The van der Waals surface area contributed by atoms with E-state index in [-0.39, 0.29) is 0 Å². The van der Waals surface area contributed by atoms with Gasteiger partial charge in [-0.2, -0.15) is 0 Å². The average molecular weight is 236 g/mol. The maximum absolute atomic E-state index is 5.98. The normalized spacial score (nSPS) is 11.1. The van der Waals surface area contributed by atoms with Crippen molar-refractivity contribution in [1.82, 2.24) is 0 Å². The number of furan rings is 1. The van der Waals surface area contributed by atoms with Crippen molar-refractivity contribution in [3.8, 4) is 0 Å². The first-order chi connectivity index (χ1) is 7.81. The van der Waals surface area contributed by atoms with Gasteiger partial charge in [0.25, 0.3) is 0 Å². The molecular weight excluding hydrogens is 220 g/mol. The molecule has 0 saturated carbocycles. The molecule has 0 aliphatic carbocycles. The first-order valence-corrected chi connectivity index (χ1v) is 6.14. The number of aryl methyl sites for hydroxylation is 1. The summed E-state index contributed by atoms with van der Waals surface area (Å²) in [6.07, 6.45) is 7.38. The molecule has 0 atom stereocenters. The number of hydrogen-bond donors (Lipinski definition) is 0. The molecule has 2 rings (SSSR count). The van der Waals surface area contributed by atoms with E-state index in [1.165, 1.54) is 12.8 Å². The Hall–Kier alpha value is -0.950. The van der Waals surface area contributed by atoms with Gasteiger partial charge in [-0.1, -0.05) is 37.8 Å². The molecule has 1 aromatic heterocycles. The van der Waals surface area contributed by atoms with E-state index in [2.05, 4.69) is 6.92 Å². The van der Waals surface area contributed by atoms with Crippen molar-refractivity contribution in [2.75, 3.05) is 0 Å². The van der Waals surface area contributed by atoms with Gasteiger partial charge in [0.05, 0.1) is 6.26 Å². The summed E-state index contributed by atoms with van der Waals surface area (Å²) in [5.41, 5.74) is 0. The van der Waals surface area contributed by atoms with Gasteiger partial charge in [-0.05, 0) is 24.6 Å². The highest BCUT2D eigenvalue weighted by Crippen LogP contribution is 2.25. The molecule has 1 radical (unpaired) electrons. The fourth-order valence-electron chi connectivity index (χ4n) is 1.90. The zero-order valence-corrected chi connectivity index (χ0v) is 10.1. The Kier molecular flexibility index (Phi) is 3.89. The van der Waals surface area contributed by atoms with Crippen molar-refractivity contribution in [3.05, 3.63) is 42.2 Å². The van der Waals surface area contributed by atoms with Crippen molar-refractivity contribution in [3.63, 3.8) is 0 Å². The molecule has 2 heteroatoms. The van der Waals surface area contributed by atoms with Crippen LogP contribution in [-0.4, -0.2) is 0 Å². The Labute approximate surface area is 101 Å². The molecule has 0 N–H and O–H groups in total. The fraction of sp³-hybridized carbons (Fsp3) is 0.357. The van der Waals surface area contributed by atoms with Crippen LogP contribution in [0.5, 0.6) is 0 Å². The first-order valence-electron chi connectivity index (χ1n) is 5.76. The maximum Gasteiger partial charge on any atom is 0.111 e. The Morgan fingerprint density at radius 1 is 1.19 bits per heavy atom. The molecule has 2 aromatic rings. The number of rotatable bonds is 5. The van der Waals surface area contributed by atoms with Crippen LogP contribution in [0.3, 0.4) is 0 Å². The van der Waals surface area contributed by atoms with E-state index in [1.54, 1.807) is 0 Å².